The topological polar surface area (TPSA) is 37.8 Å². The molecule has 4 rings (SSSR count). The fraction of sp³-hybridized carbons (Fsp3) is 0. The second kappa shape index (κ2) is 6.64. The number of pyridine rings is 1. The molecule has 0 atom stereocenters. The van der Waals surface area contributed by atoms with Gasteiger partial charge >= 0.3 is 0 Å². The Morgan fingerprint density at radius 1 is 0.708 bits per heavy atom. The van der Waals surface area contributed by atoms with Gasteiger partial charge in [0.15, 0.2) is 5.13 Å². The third-order valence-electron chi connectivity index (χ3n) is 3.70. The number of benzene rings is 2. The van der Waals surface area contributed by atoms with Gasteiger partial charge in [-0.1, -0.05) is 65.9 Å². The number of nitrogens with zero attached hydrogens (tertiary/aromatic N) is 2. The molecule has 0 bridgehead atoms. The summed E-state index contributed by atoms with van der Waals surface area (Å²) in [6.45, 7) is 0. The number of anilines is 2. The quantitative estimate of drug-likeness (QED) is 0.528. The summed E-state index contributed by atoms with van der Waals surface area (Å²) in [6, 6.07) is 22.9. The van der Waals surface area contributed by atoms with Crippen molar-refractivity contribution >= 4 is 22.2 Å². The third-order valence-corrected chi connectivity index (χ3v) is 4.66. The van der Waals surface area contributed by atoms with Crippen molar-refractivity contribution in [3.8, 4) is 21.6 Å². The number of rotatable bonds is 4. The zero-order chi connectivity index (χ0) is 16.2. The lowest BCUT2D eigenvalue weighted by molar-refractivity contribution is 1.31. The van der Waals surface area contributed by atoms with Crippen LogP contribution >= 0.6 is 11.3 Å². The van der Waals surface area contributed by atoms with Crippen molar-refractivity contribution in [3.05, 3.63) is 85.3 Å². The van der Waals surface area contributed by atoms with E-state index >= 15 is 0 Å². The molecule has 2 heterocycles. The molecule has 0 saturated heterocycles. The van der Waals surface area contributed by atoms with Gasteiger partial charge in [-0.2, -0.15) is 0 Å². The van der Waals surface area contributed by atoms with E-state index in [0.29, 0.717) is 0 Å². The summed E-state index contributed by atoms with van der Waals surface area (Å²) < 4.78 is 0. The molecule has 0 amide bonds. The van der Waals surface area contributed by atoms with E-state index in [0.717, 1.165) is 15.7 Å². The van der Waals surface area contributed by atoms with Crippen LogP contribution in [0.1, 0.15) is 0 Å². The summed E-state index contributed by atoms with van der Waals surface area (Å²) >= 11 is 1.63. The lowest BCUT2D eigenvalue weighted by Crippen LogP contribution is -1.88. The molecule has 0 saturated carbocycles. The minimum absolute atomic E-state index is 0.866. The van der Waals surface area contributed by atoms with Crippen molar-refractivity contribution in [2.75, 3.05) is 5.32 Å². The summed E-state index contributed by atoms with van der Waals surface area (Å²) in [4.78, 5) is 9.69. The molecule has 0 unspecified atom stereocenters. The molecular weight excluding hydrogens is 314 g/mol. The maximum absolute atomic E-state index is 4.45. The van der Waals surface area contributed by atoms with Crippen LogP contribution in [0.15, 0.2) is 85.3 Å². The molecule has 24 heavy (non-hydrogen) atoms. The van der Waals surface area contributed by atoms with Crippen molar-refractivity contribution in [2.45, 2.75) is 0 Å². The Hall–Kier alpha value is -2.98. The molecule has 4 heteroatoms. The van der Waals surface area contributed by atoms with Crippen LogP contribution in [0, 0.1) is 0 Å². The van der Waals surface area contributed by atoms with Gasteiger partial charge in [0, 0.05) is 12.4 Å². The molecule has 3 nitrogen and oxygen atoms in total. The fourth-order valence-corrected chi connectivity index (χ4v) is 3.33. The lowest BCUT2D eigenvalue weighted by Gasteiger charge is -2.03. The van der Waals surface area contributed by atoms with Gasteiger partial charge in [-0.25, -0.2) is 4.98 Å². The molecule has 4 aromatic rings. The van der Waals surface area contributed by atoms with Crippen molar-refractivity contribution < 1.29 is 0 Å². The van der Waals surface area contributed by atoms with Gasteiger partial charge in [-0.15, -0.1) is 0 Å². The molecule has 0 aliphatic heterocycles. The Balaban J connectivity index is 1.54. The molecular formula is C20H15N3S. The number of nitrogens with one attached hydrogen (secondary N) is 1. The normalized spacial score (nSPS) is 10.5. The minimum Gasteiger partial charge on any atom is -0.330 e. The monoisotopic (exact) mass is 329 g/mol. The van der Waals surface area contributed by atoms with E-state index < -0.39 is 0 Å². The van der Waals surface area contributed by atoms with E-state index in [9.17, 15) is 0 Å². The van der Waals surface area contributed by atoms with Crippen LogP contribution in [0.25, 0.3) is 21.6 Å². The Bertz CT molecular complexity index is 916. The number of hydrogen-bond donors (Lipinski definition) is 1. The Morgan fingerprint density at radius 2 is 1.46 bits per heavy atom. The maximum Gasteiger partial charge on any atom is 0.187 e. The molecule has 0 fully saturated rings. The maximum atomic E-state index is 4.45. The van der Waals surface area contributed by atoms with Crippen molar-refractivity contribution in [1.29, 1.82) is 0 Å². The van der Waals surface area contributed by atoms with E-state index in [1.807, 2.05) is 24.4 Å². The summed E-state index contributed by atoms with van der Waals surface area (Å²) in [6.07, 6.45) is 5.45. The summed E-state index contributed by atoms with van der Waals surface area (Å²) in [5.74, 6) is 0. The largest absolute Gasteiger partial charge is 0.330 e. The average Bonchev–Trinajstić information content (AvgIpc) is 3.12. The highest BCUT2D eigenvalue weighted by molar-refractivity contribution is 7.18. The van der Waals surface area contributed by atoms with Crippen LogP contribution in [-0.2, 0) is 0 Å². The van der Waals surface area contributed by atoms with E-state index in [4.69, 9.17) is 0 Å². The molecule has 0 radical (unpaired) electrons. The Kier molecular flexibility index (Phi) is 4.04. The summed E-state index contributed by atoms with van der Waals surface area (Å²) in [5, 5.41) is 4.14. The number of thiazole rings is 1. The highest BCUT2D eigenvalue weighted by Crippen LogP contribution is 2.31. The molecule has 0 spiro atoms. The zero-order valence-electron chi connectivity index (χ0n) is 12.9. The number of aromatic nitrogens is 2. The highest BCUT2D eigenvalue weighted by atomic mass is 32.1. The SMILES string of the molecule is c1ccc(-c2ccc(-c3cnc(Nc4cccnc4)s3)cc2)cc1. The van der Waals surface area contributed by atoms with Crippen LogP contribution in [-0.4, -0.2) is 9.97 Å². The average molecular weight is 329 g/mol. The van der Waals surface area contributed by atoms with E-state index in [2.05, 4.69) is 63.8 Å². The van der Waals surface area contributed by atoms with E-state index in [-0.39, 0.29) is 0 Å². The molecule has 2 aromatic heterocycles. The molecule has 0 aliphatic carbocycles. The molecule has 1 N–H and O–H groups in total. The smallest absolute Gasteiger partial charge is 0.187 e. The van der Waals surface area contributed by atoms with Gasteiger partial charge in [0.2, 0.25) is 0 Å². The Morgan fingerprint density at radius 3 is 2.21 bits per heavy atom. The first-order valence-corrected chi connectivity index (χ1v) is 8.49. The first-order chi connectivity index (χ1) is 11.9. The summed E-state index contributed by atoms with van der Waals surface area (Å²) in [7, 11) is 0. The van der Waals surface area contributed by atoms with Gasteiger partial charge in [0.05, 0.1) is 16.8 Å². The van der Waals surface area contributed by atoms with Crippen molar-refractivity contribution in [2.24, 2.45) is 0 Å². The van der Waals surface area contributed by atoms with E-state index in [1.54, 1.807) is 23.7 Å². The first kappa shape index (κ1) is 14.6. The van der Waals surface area contributed by atoms with Crippen molar-refractivity contribution in [3.63, 3.8) is 0 Å². The third kappa shape index (κ3) is 3.19. The molecule has 116 valence electrons. The van der Waals surface area contributed by atoms with Crippen LogP contribution < -0.4 is 5.32 Å². The molecule has 0 aliphatic rings. The van der Waals surface area contributed by atoms with Crippen molar-refractivity contribution in [1.82, 2.24) is 9.97 Å². The van der Waals surface area contributed by atoms with Gasteiger partial charge in [0.1, 0.15) is 0 Å². The highest BCUT2D eigenvalue weighted by Gasteiger charge is 2.05. The van der Waals surface area contributed by atoms with Crippen LogP contribution in [0.3, 0.4) is 0 Å². The second-order valence-corrected chi connectivity index (χ2v) is 6.37. The number of hydrogen-bond acceptors (Lipinski definition) is 4. The summed E-state index contributed by atoms with van der Waals surface area (Å²) in [5.41, 5.74) is 4.56. The predicted molar refractivity (Wildman–Crippen MR) is 101 cm³/mol. The minimum atomic E-state index is 0.866. The van der Waals surface area contributed by atoms with Gasteiger partial charge < -0.3 is 5.32 Å². The van der Waals surface area contributed by atoms with E-state index in [1.165, 1.54) is 16.7 Å². The lowest BCUT2D eigenvalue weighted by atomic mass is 10.0. The van der Waals surface area contributed by atoms with Crippen LogP contribution in [0.4, 0.5) is 10.8 Å². The first-order valence-electron chi connectivity index (χ1n) is 7.67. The van der Waals surface area contributed by atoms with Crippen LogP contribution in [0.2, 0.25) is 0 Å². The fourth-order valence-electron chi connectivity index (χ4n) is 2.48. The molecule has 2 aromatic carbocycles. The Labute approximate surface area is 144 Å². The van der Waals surface area contributed by atoms with Gasteiger partial charge in [0.25, 0.3) is 0 Å². The van der Waals surface area contributed by atoms with Crippen LogP contribution in [0.5, 0.6) is 0 Å². The van der Waals surface area contributed by atoms with Gasteiger partial charge in [-0.05, 0) is 28.8 Å². The van der Waals surface area contributed by atoms with Gasteiger partial charge in [-0.3, -0.25) is 4.98 Å². The standard InChI is InChI=1S/C20H15N3S/c1-2-5-15(6-3-1)16-8-10-17(11-9-16)19-14-22-20(24-19)23-18-7-4-12-21-13-18/h1-14H,(H,22,23). The zero-order valence-corrected chi connectivity index (χ0v) is 13.7. The second-order valence-electron chi connectivity index (χ2n) is 5.34. The predicted octanol–water partition coefficient (Wildman–Crippen LogP) is 5.62.